The normalized spacial score (nSPS) is 17.1. The summed E-state index contributed by atoms with van der Waals surface area (Å²) in [6.07, 6.45) is 0.931. The molecule has 1 saturated heterocycles. The number of anilines is 2. The van der Waals surface area contributed by atoms with Gasteiger partial charge in [-0.25, -0.2) is 0 Å². The number of hydrogen-bond donors (Lipinski definition) is 1. The van der Waals surface area contributed by atoms with E-state index < -0.39 is 5.41 Å². The number of rotatable bonds is 6. The van der Waals surface area contributed by atoms with Crippen LogP contribution >= 0.6 is 23.4 Å². The first-order valence-corrected chi connectivity index (χ1v) is 10.9. The molecule has 1 aliphatic rings. The molecule has 4 nitrogen and oxygen atoms in total. The van der Waals surface area contributed by atoms with Crippen LogP contribution in [-0.2, 0) is 16.0 Å². The van der Waals surface area contributed by atoms with Gasteiger partial charge in [-0.3, -0.25) is 14.5 Å². The molecule has 6 heteroatoms. The van der Waals surface area contributed by atoms with Gasteiger partial charge >= 0.3 is 0 Å². The van der Waals surface area contributed by atoms with E-state index in [2.05, 4.69) is 24.4 Å². The third-order valence-corrected chi connectivity index (χ3v) is 6.75. The van der Waals surface area contributed by atoms with Crippen LogP contribution in [0, 0.1) is 5.41 Å². The Balaban J connectivity index is 1.80. The van der Waals surface area contributed by atoms with Gasteiger partial charge in [0.05, 0.1) is 11.2 Å². The summed E-state index contributed by atoms with van der Waals surface area (Å²) in [4.78, 5) is 26.7. The lowest BCUT2D eigenvalue weighted by Gasteiger charge is -2.25. The second-order valence-corrected chi connectivity index (χ2v) is 8.88. The van der Waals surface area contributed by atoms with Crippen molar-refractivity contribution >= 4 is 46.6 Å². The average molecular weight is 417 g/mol. The van der Waals surface area contributed by atoms with Crippen LogP contribution in [0.2, 0.25) is 0 Å². The van der Waals surface area contributed by atoms with E-state index >= 15 is 0 Å². The molecular weight excluding hydrogens is 392 g/mol. The SMILES string of the molecule is CCc1cccc(N2C(=O)CS[C@H]2c2ccc(NC(=O)C(C)(C)CCl)cc2)c1. The van der Waals surface area contributed by atoms with Crippen LogP contribution in [0.1, 0.15) is 37.3 Å². The minimum absolute atomic E-state index is 0.0661. The number of thioether (sulfide) groups is 1. The van der Waals surface area contributed by atoms with Gasteiger partial charge in [0.1, 0.15) is 5.37 Å². The highest BCUT2D eigenvalue weighted by molar-refractivity contribution is 8.00. The lowest BCUT2D eigenvalue weighted by atomic mass is 9.95. The standard InChI is InChI=1S/C22H25ClN2O2S/c1-4-15-6-5-7-18(12-15)25-19(26)13-28-20(25)16-8-10-17(11-9-16)24-21(27)22(2,3)14-23/h5-12,20H,4,13-14H2,1-3H3,(H,24,27)/t20-/m0/s1. The van der Waals surface area contributed by atoms with Gasteiger partial charge in [0.2, 0.25) is 11.8 Å². The number of hydrogen-bond acceptors (Lipinski definition) is 3. The van der Waals surface area contributed by atoms with Crippen molar-refractivity contribution in [3.63, 3.8) is 0 Å². The Hall–Kier alpha value is -1.98. The molecule has 28 heavy (non-hydrogen) atoms. The van der Waals surface area contributed by atoms with E-state index in [1.54, 1.807) is 11.8 Å². The van der Waals surface area contributed by atoms with E-state index in [-0.39, 0.29) is 23.1 Å². The second-order valence-electron chi connectivity index (χ2n) is 7.54. The van der Waals surface area contributed by atoms with Crippen LogP contribution in [0.5, 0.6) is 0 Å². The number of benzene rings is 2. The zero-order chi connectivity index (χ0) is 20.3. The Kier molecular flexibility index (Phi) is 6.36. The van der Waals surface area contributed by atoms with E-state index in [0.717, 1.165) is 23.4 Å². The van der Waals surface area contributed by atoms with Gasteiger partial charge in [-0.2, -0.15) is 0 Å². The summed E-state index contributed by atoms with van der Waals surface area (Å²) in [5.41, 5.74) is 3.27. The molecule has 0 radical (unpaired) electrons. The molecule has 0 saturated carbocycles. The maximum atomic E-state index is 12.5. The Morgan fingerprint density at radius 3 is 2.61 bits per heavy atom. The first kappa shape index (κ1) is 20.7. The molecule has 2 amide bonds. The monoisotopic (exact) mass is 416 g/mol. The van der Waals surface area contributed by atoms with Crippen molar-refractivity contribution in [1.29, 1.82) is 0 Å². The van der Waals surface area contributed by atoms with Crippen molar-refractivity contribution in [2.75, 3.05) is 21.8 Å². The highest BCUT2D eigenvalue weighted by atomic mass is 35.5. The van der Waals surface area contributed by atoms with Crippen molar-refractivity contribution in [2.24, 2.45) is 5.41 Å². The molecule has 1 N–H and O–H groups in total. The number of nitrogens with one attached hydrogen (secondary N) is 1. The fourth-order valence-corrected chi connectivity index (χ4v) is 4.27. The summed E-state index contributed by atoms with van der Waals surface area (Å²) in [5.74, 6) is 0.718. The van der Waals surface area contributed by atoms with Crippen molar-refractivity contribution in [2.45, 2.75) is 32.6 Å². The van der Waals surface area contributed by atoms with Crippen molar-refractivity contribution in [3.8, 4) is 0 Å². The van der Waals surface area contributed by atoms with Gasteiger partial charge < -0.3 is 5.32 Å². The molecule has 2 aromatic rings. The maximum Gasteiger partial charge on any atom is 0.238 e. The van der Waals surface area contributed by atoms with Gasteiger partial charge in [0.15, 0.2) is 0 Å². The van der Waals surface area contributed by atoms with Gasteiger partial charge in [-0.15, -0.1) is 23.4 Å². The van der Waals surface area contributed by atoms with Gasteiger partial charge in [-0.1, -0.05) is 31.2 Å². The van der Waals surface area contributed by atoms with E-state index in [1.807, 2.05) is 55.1 Å². The molecule has 0 unspecified atom stereocenters. The van der Waals surface area contributed by atoms with Crippen LogP contribution in [0.3, 0.4) is 0 Å². The summed E-state index contributed by atoms with van der Waals surface area (Å²) >= 11 is 7.49. The van der Waals surface area contributed by atoms with E-state index in [1.165, 1.54) is 5.56 Å². The average Bonchev–Trinajstić information content (AvgIpc) is 3.10. The predicted octanol–water partition coefficient (Wildman–Crippen LogP) is 5.23. The molecule has 1 atom stereocenters. The molecule has 2 aromatic carbocycles. The highest BCUT2D eigenvalue weighted by Gasteiger charge is 2.34. The Morgan fingerprint density at radius 1 is 1.25 bits per heavy atom. The number of amides is 2. The zero-order valence-electron chi connectivity index (χ0n) is 16.4. The minimum atomic E-state index is -0.630. The third kappa shape index (κ3) is 4.36. The number of carbonyl (C=O) groups excluding carboxylic acids is 2. The van der Waals surface area contributed by atoms with E-state index in [0.29, 0.717) is 5.75 Å². The summed E-state index contributed by atoms with van der Waals surface area (Å²) in [5, 5.41) is 2.84. The number of carbonyl (C=O) groups is 2. The van der Waals surface area contributed by atoms with Crippen LogP contribution in [-0.4, -0.2) is 23.4 Å². The Labute approximate surface area is 175 Å². The van der Waals surface area contributed by atoms with Gasteiger partial charge in [-0.05, 0) is 55.7 Å². The predicted molar refractivity (Wildman–Crippen MR) is 118 cm³/mol. The summed E-state index contributed by atoms with van der Waals surface area (Å²) in [6, 6.07) is 15.8. The molecule has 1 fully saturated rings. The Morgan fingerprint density at radius 2 is 1.96 bits per heavy atom. The van der Waals surface area contributed by atoms with Gasteiger partial charge in [0.25, 0.3) is 0 Å². The zero-order valence-corrected chi connectivity index (χ0v) is 17.9. The first-order valence-electron chi connectivity index (χ1n) is 9.35. The minimum Gasteiger partial charge on any atom is -0.326 e. The topological polar surface area (TPSA) is 49.4 Å². The quantitative estimate of drug-likeness (QED) is 0.656. The van der Waals surface area contributed by atoms with E-state index in [4.69, 9.17) is 11.6 Å². The molecule has 1 heterocycles. The third-order valence-electron chi connectivity index (χ3n) is 4.87. The summed E-state index contributed by atoms with van der Waals surface area (Å²) in [7, 11) is 0. The van der Waals surface area contributed by atoms with E-state index in [9.17, 15) is 9.59 Å². The largest absolute Gasteiger partial charge is 0.326 e. The first-order chi connectivity index (χ1) is 13.4. The lowest BCUT2D eigenvalue weighted by molar-refractivity contribution is -0.123. The molecule has 1 aliphatic heterocycles. The van der Waals surface area contributed by atoms with Crippen molar-refractivity contribution < 1.29 is 9.59 Å². The fourth-order valence-electron chi connectivity index (χ4n) is 2.97. The summed E-state index contributed by atoms with van der Waals surface area (Å²) in [6.45, 7) is 5.73. The van der Waals surface area contributed by atoms with Crippen LogP contribution in [0.15, 0.2) is 48.5 Å². The van der Waals surface area contributed by atoms with Crippen molar-refractivity contribution in [3.05, 3.63) is 59.7 Å². The number of aryl methyl sites for hydroxylation is 1. The molecule has 0 spiro atoms. The molecule has 0 bridgehead atoms. The smallest absolute Gasteiger partial charge is 0.238 e. The number of alkyl halides is 1. The van der Waals surface area contributed by atoms with Crippen LogP contribution < -0.4 is 10.2 Å². The van der Waals surface area contributed by atoms with Crippen LogP contribution in [0.25, 0.3) is 0 Å². The maximum absolute atomic E-state index is 12.5. The number of halogens is 1. The fraction of sp³-hybridized carbons (Fsp3) is 0.364. The molecule has 3 rings (SSSR count). The highest BCUT2D eigenvalue weighted by Crippen LogP contribution is 2.42. The molecule has 148 valence electrons. The lowest BCUT2D eigenvalue weighted by Crippen LogP contribution is -2.32. The molecule has 0 aromatic heterocycles. The molecular formula is C22H25ClN2O2S. The Bertz CT molecular complexity index is 867. The second kappa shape index (κ2) is 8.58. The summed E-state index contributed by atoms with van der Waals surface area (Å²) < 4.78 is 0. The van der Waals surface area contributed by atoms with Crippen LogP contribution in [0.4, 0.5) is 11.4 Å². The van der Waals surface area contributed by atoms with Gasteiger partial charge in [0, 0.05) is 17.3 Å². The number of nitrogens with zero attached hydrogens (tertiary/aromatic N) is 1. The molecule has 0 aliphatic carbocycles. The van der Waals surface area contributed by atoms with Crippen molar-refractivity contribution in [1.82, 2.24) is 0 Å².